The van der Waals surface area contributed by atoms with E-state index in [2.05, 4.69) is 21.6 Å². The highest BCUT2D eigenvalue weighted by Gasteiger charge is 2.09. The van der Waals surface area contributed by atoms with Gasteiger partial charge < -0.3 is 4.90 Å². The van der Waals surface area contributed by atoms with Crippen LogP contribution in [0, 0.1) is 11.3 Å². The van der Waals surface area contributed by atoms with E-state index in [-0.39, 0.29) is 0 Å². The molecule has 1 aromatic heterocycles. The van der Waals surface area contributed by atoms with Crippen molar-refractivity contribution in [3.05, 3.63) is 29.8 Å². The van der Waals surface area contributed by atoms with E-state index in [1.807, 2.05) is 24.1 Å². The summed E-state index contributed by atoms with van der Waals surface area (Å²) in [7, 11) is 3.64. The largest absolute Gasteiger partial charge is 0.312 e. The van der Waals surface area contributed by atoms with E-state index in [4.69, 9.17) is 5.26 Å². The second-order valence-corrected chi connectivity index (χ2v) is 3.32. The Morgan fingerprint density at radius 3 is 2.50 bits per heavy atom. The predicted octanol–water partition coefficient (Wildman–Crippen LogP) is 0.850. The van der Waals surface area contributed by atoms with Crippen LogP contribution in [0.1, 0.15) is 5.56 Å². The zero-order valence-corrected chi connectivity index (χ0v) is 8.99. The average molecular weight is 214 g/mol. The molecule has 1 heterocycles. The Bertz CT molecular complexity index is 521. The Labute approximate surface area is 92.7 Å². The third-order valence-electron chi connectivity index (χ3n) is 2.28. The number of nitriles is 1. The molecule has 0 bridgehead atoms. The molecule has 16 heavy (non-hydrogen) atoms. The van der Waals surface area contributed by atoms with Crippen LogP contribution in [0.2, 0.25) is 0 Å². The predicted molar refractivity (Wildman–Crippen MR) is 58.0 cm³/mol. The van der Waals surface area contributed by atoms with Crippen LogP contribution in [0.5, 0.6) is 0 Å². The number of benzene rings is 1. The number of tetrazole rings is 1. The second kappa shape index (κ2) is 3.98. The fourth-order valence-corrected chi connectivity index (χ4v) is 1.38. The van der Waals surface area contributed by atoms with Crippen LogP contribution >= 0.6 is 0 Å². The Kier molecular flexibility index (Phi) is 2.52. The summed E-state index contributed by atoms with van der Waals surface area (Å²) in [5.41, 5.74) is 1.56. The lowest BCUT2D eigenvalue weighted by atomic mass is 10.2. The van der Waals surface area contributed by atoms with Gasteiger partial charge in [-0.15, -0.1) is 0 Å². The van der Waals surface area contributed by atoms with Crippen molar-refractivity contribution in [1.29, 1.82) is 5.26 Å². The van der Waals surface area contributed by atoms with Crippen molar-refractivity contribution in [3.63, 3.8) is 0 Å². The van der Waals surface area contributed by atoms with E-state index in [0.717, 1.165) is 5.69 Å². The SMILES string of the molecule is CN(c1ccc(C#N)cc1)c1nnnn1C. The number of aryl methyl sites for hydroxylation is 1. The number of anilines is 2. The van der Waals surface area contributed by atoms with Gasteiger partial charge in [-0.25, -0.2) is 4.68 Å². The van der Waals surface area contributed by atoms with Crippen LogP contribution in [0.25, 0.3) is 0 Å². The zero-order valence-electron chi connectivity index (χ0n) is 8.99. The maximum absolute atomic E-state index is 8.70. The second-order valence-electron chi connectivity index (χ2n) is 3.32. The lowest BCUT2D eigenvalue weighted by Gasteiger charge is -2.16. The van der Waals surface area contributed by atoms with Crippen LogP contribution in [0.15, 0.2) is 24.3 Å². The van der Waals surface area contributed by atoms with Gasteiger partial charge in [0.1, 0.15) is 0 Å². The first-order valence-corrected chi connectivity index (χ1v) is 4.68. The van der Waals surface area contributed by atoms with E-state index in [0.29, 0.717) is 11.5 Å². The van der Waals surface area contributed by atoms with E-state index < -0.39 is 0 Å². The molecule has 6 heteroatoms. The van der Waals surface area contributed by atoms with Crippen molar-refractivity contribution in [2.45, 2.75) is 0 Å². The standard InChI is InChI=1S/C10H10N6/c1-15(10-12-13-14-16(10)2)9-5-3-8(7-11)4-6-9/h3-6H,1-2H3. The van der Waals surface area contributed by atoms with Crippen LogP contribution in [0.4, 0.5) is 11.6 Å². The molecule has 2 aromatic rings. The molecule has 0 aliphatic carbocycles. The molecular weight excluding hydrogens is 204 g/mol. The van der Waals surface area contributed by atoms with Gasteiger partial charge in [-0.05, 0) is 34.7 Å². The Hall–Kier alpha value is -2.42. The van der Waals surface area contributed by atoms with Gasteiger partial charge in [0.25, 0.3) is 0 Å². The highest BCUT2D eigenvalue weighted by molar-refractivity contribution is 5.57. The number of rotatable bonds is 2. The Morgan fingerprint density at radius 1 is 1.31 bits per heavy atom. The first-order chi connectivity index (χ1) is 7.72. The molecule has 0 saturated carbocycles. The van der Waals surface area contributed by atoms with Crippen molar-refractivity contribution in [2.75, 3.05) is 11.9 Å². The molecule has 6 nitrogen and oxygen atoms in total. The first kappa shape index (κ1) is 10.1. The van der Waals surface area contributed by atoms with E-state index in [1.165, 1.54) is 0 Å². The molecular formula is C10H10N6. The summed E-state index contributed by atoms with van der Waals surface area (Å²) in [6.07, 6.45) is 0. The van der Waals surface area contributed by atoms with E-state index in [1.54, 1.807) is 23.9 Å². The Balaban J connectivity index is 2.31. The van der Waals surface area contributed by atoms with E-state index in [9.17, 15) is 0 Å². The minimum Gasteiger partial charge on any atom is -0.312 e. The third-order valence-corrected chi connectivity index (χ3v) is 2.28. The summed E-state index contributed by atoms with van der Waals surface area (Å²) in [5, 5.41) is 19.9. The van der Waals surface area contributed by atoms with Crippen molar-refractivity contribution in [1.82, 2.24) is 20.2 Å². The quantitative estimate of drug-likeness (QED) is 0.741. The van der Waals surface area contributed by atoms with Gasteiger partial charge in [0.15, 0.2) is 0 Å². The van der Waals surface area contributed by atoms with Gasteiger partial charge in [0, 0.05) is 19.8 Å². The van der Waals surface area contributed by atoms with Crippen molar-refractivity contribution >= 4 is 11.6 Å². The highest BCUT2D eigenvalue weighted by atomic mass is 15.6. The van der Waals surface area contributed by atoms with Crippen LogP contribution < -0.4 is 4.90 Å². The normalized spacial score (nSPS) is 9.81. The fourth-order valence-electron chi connectivity index (χ4n) is 1.38. The molecule has 0 radical (unpaired) electrons. The molecule has 0 aliphatic heterocycles. The summed E-state index contributed by atoms with van der Waals surface area (Å²) in [6, 6.07) is 9.30. The summed E-state index contributed by atoms with van der Waals surface area (Å²) in [4.78, 5) is 1.85. The topological polar surface area (TPSA) is 70.6 Å². The van der Waals surface area contributed by atoms with E-state index >= 15 is 0 Å². The molecule has 1 aromatic carbocycles. The van der Waals surface area contributed by atoms with Gasteiger partial charge >= 0.3 is 0 Å². The van der Waals surface area contributed by atoms with Gasteiger partial charge in [-0.2, -0.15) is 5.26 Å². The maximum atomic E-state index is 8.70. The van der Waals surface area contributed by atoms with Crippen molar-refractivity contribution in [3.8, 4) is 6.07 Å². The molecule has 0 amide bonds. The first-order valence-electron chi connectivity index (χ1n) is 4.68. The molecule has 0 fully saturated rings. The maximum Gasteiger partial charge on any atom is 0.249 e. The smallest absolute Gasteiger partial charge is 0.249 e. The molecule has 0 N–H and O–H groups in total. The molecule has 2 rings (SSSR count). The van der Waals surface area contributed by atoms with Crippen LogP contribution in [-0.2, 0) is 7.05 Å². The Morgan fingerprint density at radius 2 is 2.00 bits per heavy atom. The number of hydrogen-bond donors (Lipinski definition) is 0. The molecule has 0 saturated heterocycles. The van der Waals surface area contributed by atoms with Gasteiger partial charge in [0.05, 0.1) is 11.6 Å². The number of hydrogen-bond acceptors (Lipinski definition) is 5. The third kappa shape index (κ3) is 1.70. The van der Waals surface area contributed by atoms with Gasteiger partial charge in [-0.3, -0.25) is 0 Å². The van der Waals surface area contributed by atoms with Gasteiger partial charge in [0.2, 0.25) is 5.95 Å². The number of nitrogens with zero attached hydrogens (tertiary/aromatic N) is 6. The van der Waals surface area contributed by atoms with Crippen molar-refractivity contribution < 1.29 is 0 Å². The minimum atomic E-state index is 0.633. The average Bonchev–Trinajstić information content (AvgIpc) is 2.75. The lowest BCUT2D eigenvalue weighted by Crippen LogP contribution is -2.14. The summed E-state index contributed by atoms with van der Waals surface area (Å²) < 4.78 is 1.58. The van der Waals surface area contributed by atoms with Crippen LogP contribution in [0.3, 0.4) is 0 Å². The molecule has 0 aliphatic rings. The fraction of sp³-hybridized carbons (Fsp3) is 0.200. The monoisotopic (exact) mass is 214 g/mol. The van der Waals surface area contributed by atoms with Gasteiger partial charge in [-0.1, -0.05) is 5.10 Å². The summed E-state index contributed by atoms with van der Waals surface area (Å²) in [5.74, 6) is 0.643. The molecule has 80 valence electrons. The zero-order chi connectivity index (χ0) is 11.5. The molecule has 0 spiro atoms. The van der Waals surface area contributed by atoms with Crippen molar-refractivity contribution in [2.24, 2.45) is 7.05 Å². The molecule has 0 atom stereocenters. The lowest BCUT2D eigenvalue weighted by molar-refractivity contribution is 0.708. The van der Waals surface area contributed by atoms with Crippen LogP contribution in [-0.4, -0.2) is 27.3 Å². The summed E-state index contributed by atoms with van der Waals surface area (Å²) >= 11 is 0. The summed E-state index contributed by atoms with van der Waals surface area (Å²) in [6.45, 7) is 0. The molecule has 0 unspecified atom stereocenters. The minimum absolute atomic E-state index is 0.633. The number of aromatic nitrogens is 4. The highest BCUT2D eigenvalue weighted by Crippen LogP contribution is 2.20.